The molecule has 24 heavy (non-hydrogen) atoms. The number of nitro benzene ring substituents is 1. The van der Waals surface area contributed by atoms with Gasteiger partial charge in [0.1, 0.15) is 6.04 Å². The Morgan fingerprint density at radius 2 is 2.08 bits per heavy atom. The second-order valence-corrected chi connectivity index (χ2v) is 7.04. The van der Waals surface area contributed by atoms with Gasteiger partial charge in [0.15, 0.2) is 5.11 Å². The van der Waals surface area contributed by atoms with Gasteiger partial charge in [-0.05, 0) is 24.4 Å². The van der Waals surface area contributed by atoms with E-state index in [1.165, 1.54) is 0 Å². The minimum absolute atomic E-state index is 0.132. The number of non-ortho nitro benzene ring substituents is 1. The van der Waals surface area contributed by atoms with E-state index in [0.29, 0.717) is 18.2 Å². The molecule has 1 fully saturated rings. The van der Waals surface area contributed by atoms with E-state index in [9.17, 15) is 28.4 Å². The highest BCUT2D eigenvalue weighted by Crippen LogP contribution is 2.16. The molecular formula is C12H14N4O6S2. The molecule has 0 radical (unpaired) electrons. The lowest BCUT2D eigenvalue weighted by Gasteiger charge is -2.22. The highest BCUT2D eigenvalue weighted by Gasteiger charge is 2.29. The Labute approximate surface area is 142 Å². The van der Waals surface area contributed by atoms with Crippen LogP contribution < -0.4 is 10.0 Å². The zero-order chi connectivity index (χ0) is 17.9. The first-order valence-electron chi connectivity index (χ1n) is 6.73. The lowest BCUT2D eigenvalue weighted by molar-refractivity contribution is -0.384. The molecule has 1 aliphatic heterocycles. The van der Waals surface area contributed by atoms with Crippen molar-refractivity contribution in [3.63, 3.8) is 0 Å². The molecule has 12 heteroatoms. The number of rotatable bonds is 7. The van der Waals surface area contributed by atoms with Gasteiger partial charge in [-0.15, -0.1) is 0 Å². The summed E-state index contributed by atoms with van der Waals surface area (Å²) in [5, 5.41) is 23.0. The predicted molar refractivity (Wildman–Crippen MR) is 87.0 cm³/mol. The van der Waals surface area contributed by atoms with Gasteiger partial charge in [-0.1, -0.05) is 0 Å². The summed E-state index contributed by atoms with van der Waals surface area (Å²) < 4.78 is 26.6. The molecular weight excluding hydrogens is 360 g/mol. The molecule has 1 aromatic carbocycles. The zero-order valence-corrected chi connectivity index (χ0v) is 13.8. The molecule has 2 rings (SSSR count). The summed E-state index contributed by atoms with van der Waals surface area (Å²) in [5.74, 6) is -1.35. The lowest BCUT2D eigenvalue weighted by atomic mass is 10.3. The zero-order valence-electron chi connectivity index (χ0n) is 12.2. The van der Waals surface area contributed by atoms with Gasteiger partial charge in [0.25, 0.3) is 5.69 Å². The first kappa shape index (κ1) is 18.0. The van der Waals surface area contributed by atoms with Crippen LogP contribution in [0.4, 0.5) is 5.69 Å². The number of sulfonamides is 1. The summed E-state index contributed by atoms with van der Waals surface area (Å²) in [7, 11) is -4.15. The molecule has 1 aromatic rings. The van der Waals surface area contributed by atoms with Gasteiger partial charge in [-0.3, -0.25) is 14.9 Å². The fourth-order valence-electron chi connectivity index (χ4n) is 2.07. The Bertz CT molecular complexity index is 764. The number of nitrogens with one attached hydrogen (secondary N) is 2. The first-order valence-corrected chi connectivity index (χ1v) is 8.62. The summed E-state index contributed by atoms with van der Waals surface area (Å²) in [5.41, 5.74) is -0.266. The van der Waals surface area contributed by atoms with Crippen molar-refractivity contribution < 1.29 is 23.2 Å². The van der Waals surface area contributed by atoms with Gasteiger partial charge in [0.2, 0.25) is 10.0 Å². The standard InChI is InChI=1S/C12H14N4O6S2/c17-11(18)10(7-15-6-5-13-12(15)23)14-24(21,22)9-3-1-8(2-4-9)16(19)20/h1-4,10,14H,5-7H2,(H,13,23)(H,17,18)/t10-/m0/s1. The quantitative estimate of drug-likeness (QED) is 0.327. The molecule has 3 N–H and O–H groups in total. The van der Waals surface area contributed by atoms with Crippen molar-refractivity contribution in [2.24, 2.45) is 0 Å². The van der Waals surface area contributed by atoms with Crippen molar-refractivity contribution in [2.45, 2.75) is 10.9 Å². The van der Waals surface area contributed by atoms with E-state index in [4.69, 9.17) is 12.2 Å². The Balaban J connectivity index is 2.16. The van der Waals surface area contributed by atoms with Crippen molar-refractivity contribution in [1.82, 2.24) is 14.9 Å². The largest absolute Gasteiger partial charge is 0.480 e. The van der Waals surface area contributed by atoms with Crippen molar-refractivity contribution in [3.05, 3.63) is 34.4 Å². The van der Waals surface area contributed by atoms with E-state index in [-0.39, 0.29) is 17.1 Å². The molecule has 130 valence electrons. The van der Waals surface area contributed by atoms with E-state index in [2.05, 4.69) is 10.0 Å². The fraction of sp³-hybridized carbons (Fsp3) is 0.333. The molecule has 0 amide bonds. The van der Waals surface area contributed by atoms with Crippen LogP contribution in [-0.4, -0.2) is 60.1 Å². The van der Waals surface area contributed by atoms with Crippen LogP contribution in [0.25, 0.3) is 0 Å². The molecule has 1 aliphatic rings. The topological polar surface area (TPSA) is 142 Å². The summed E-state index contributed by atoms with van der Waals surface area (Å²) >= 11 is 5.00. The van der Waals surface area contributed by atoms with Crippen LogP contribution >= 0.6 is 12.2 Å². The maximum atomic E-state index is 12.3. The minimum Gasteiger partial charge on any atom is -0.480 e. The summed E-state index contributed by atoms with van der Waals surface area (Å²) in [6, 6.07) is 2.74. The average Bonchev–Trinajstić information content (AvgIpc) is 2.91. The van der Waals surface area contributed by atoms with Crippen molar-refractivity contribution in [1.29, 1.82) is 0 Å². The van der Waals surface area contributed by atoms with Crippen LogP contribution in [0.2, 0.25) is 0 Å². The number of nitrogens with zero attached hydrogens (tertiary/aromatic N) is 2. The Kier molecular flexibility index (Phi) is 5.31. The number of aliphatic carboxylic acids is 1. The Hall–Kier alpha value is -2.31. The molecule has 1 heterocycles. The van der Waals surface area contributed by atoms with Gasteiger partial charge in [-0.2, -0.15) is 4.72 Å². The number of benzene rings is 1. The number of thiocarbonyl (C=S) groups is 1. The Morgan fingerprint density at radius 3 is 2.54 bits per heavy atom. The van der Waals surface area contributed by atoms with Gasteiger partial charge < -0.3 is 15.3 Å². The number of hydrogen-bond donors (Lipinski definition) is 3. The number of carboxylic acids is 1. The van der Waals surface area contributed by atoms with Crippen LogP contribution in [-0.2, 0) is 14.8 Å². The molecule has 0 unspecified atom stereocenters. The second-order valence-electron chi connectivity index (χ2n) is 4.94. The van der Waals surface area contributed by atoms with Crippen molar-refractivity contribution in [3.8, 4) is 0 Å². The van der Waals surface area contributed by atoms with E-state index in [0.717, 1.165) is 24.3 Å². The van der Waals surface area contributed by atoms with E-state index in [1.807, 2.05) is 0 Å². The summed E-state index contributed by atoms with van der Waals surface area (Å²) in [6.45, 7) is 0.898. The van der Waals surface area contributed by atoms with Crippen LogP contribution in [0, 0.1) is 10.1 Å². The Morgan fingerprint density at radius 1 is 1.46 bits per heavy atom. The maximum Gasteiger partial charge on any atom is 0.323 e. The van der Waals surface area contributed by atoms with E-state index >= 15 is 0 Å². The van der Waals surface area contributed by atoms with Gasteiger partial charge >= 0.3 is 5.97 Å². The molecule has 0 aliphatic carbocycles. The molecule has 10 nitrogen and oxygen atoms in total. The molecule has 1 atom stereocenters. The van der Waals surface area contributed by atoms with Crippen molar-refractivity contribution >= 4 is 39.0 Å². The van der Waals surface area contributed by atoms with Crippen LogP contribution in [0.1, 0.15) is 0 Å². The summed E-state index contributed by atoms with van der Waals surface area (Å²) in [6.07, 6.45) is 0. The van der Waals surface area contributed by atoms with Crippen molar-refractivity contribution in [2.75, 3.05) is 19.6 Å². The number of nitro groups is 1. The van der Waals surface area contributed by atoms with Crippen LogP contribution in [0.15, 0.2) is 29.2 Å². The highest BCUT2D eigenvalue weighted by molar-refractivity contribution is 7.89. The number of hydrogen-bond acceptors (Lipinski definition) is 6. The highest BCUT2D eigenvalue weighted by atomic mass is 32.2. The fourth-order valence-corrected chi connectivity index (χ4v) is 3.52. The van der Waals surface area contributed by atoms with E-state index in [1.54, 1.807) is 4.90 Å². The molecule has 0 spiro atoms. The number of carboxylic acid groups (broad SMARTS) is 1. The molecule has 0 bridgehead atoms. The minimum atomic E-state index is -4.15. The average molecular weight is 374 g/mol. The normalized spacial score (nSPS) is 15.8. The van der Waals surface area contributed by atoms with Crippen LogP contribution in [0.5, 0.6) is 0 Å². The molecule has 1 saturated heterocycles. The van der Waals surface area contributed by atoms with Gasteiger partial charge in [-0.25, -0.2) is 8.42 Å². The SMILES string of the molecule is O=C(O)[C@H](CN1CCNC1=S)NS(=O)(=O)c1ccc([N+](=O)[O-])cc1. The second kappa shape index (κ2) is 7.07. The third kappa shape index (κ3) is 4.15. The first-order chi connectivity index (χ1) is 11.2. The molecule has 0 aromatic heterocycles. The third-order valence-electron chi connectivity index (χ3n) is 3.30. The van der Waals surface area contributed by atoms with Gasteiger partial charge in [0.05, 0.1) is 9.82 Å². The van der Waals surface area contributed by atoms with Gasteiger partial charge in [0, 0.05) is 31.8 Å². The third-order valence-corrected chi connectivity index (χ3v) is 5.19. The number of carbonyl (C=O) groups is 1. The van der Waals surface area contributed by atoms with Crippen LogP contribution in [0.3, 0.4) is 0 Å². The van der Waals surface area contributed by atoms with E-state index < -0.39 is 27.0 Å². The molecule has 0 saturated carbocycles. The maximum absolute atomic E-state index is 12.3. The monoisotopic (exact) mass is 374 g/mol. The smallest absolute Gasteiger partial charge is 0.323 e. The summed E-state index contributed by atoms with van der Waals surface area (Å²) in [4.78, 5) is 22.6. The lowest BCUT2D eigenvalue weighted by Crippen LogP contribution is -2.49. The predicted octanol–water partition coefficient (Wildman–Crippen LogP) is -0.484.